The van der Waals surface area contributed by atoms with Crippen molar-refractivity contribution in [2.45, 2.75) is 31.9 Å². The number of aliphatic hydroxyl groups excluding tert-OH is 1. The van der Waals surface area contributed by atoms with E-state index in [2.05, 4.69) is 15.3 Å². The van der Waals surface area contributed by atoms with Gasteiger partial charge < -0.3 is 15.3 Å². The number of aromatic nitrogens is 3. The maximum Gasteiger partial charge on any atom is 0.317 e. The number of nitrogens with zero attached hydrogens (tertiary/aromatic N) is 4. The first-order valence-corrected chi connectivity index (χ1v) is 8.24. The zero-order valence-corrected chi connectivity index (χ0v) is 13.8. The Labute approximate surface area is 141 Å². The van der Waals surface area contributed by atoms with Crippen molar-refractivity contribution < 1.29 is 9.90 Å². The zero-order chi connectivity index (χ0) is 16.9. The molecule has 0 saturated heterocycles. The Morgan fingerprint density at radius 2 is 2.33 bits per heavy atom. The Balaban J connectivity index is 1.53. The highest BCUT2D eigenvalue weighted by atomic mass is 16.3. The van der Waals surface area contributed by atoms with E-state index < -0.39 is 0 Å². The van der Waals surface area contributed by atoms with Gasteiger partial charge in [-0.25, -0.2) is 14.8 Å². The number of hydrogen-bond donors (Lipinski definition) is 2. The van der Waals surface area contributed by atoms with Crippen LogP contribution in [0.4, 0.5) is 4.79 Å². The Morgan fingerprint density at radius 1 is 1.46 bits per heavy atom. The second-order valence-corrected chi connectivity index (χ2v) is 6.29. The maximum atomic E-state index is 12.2. The van der Waals surface area contributed by atoms with Crippen molar-refractivity contribution in [3.05, 3.63) is 42.6 Å². The van der Waals surface area contributed by atoms with Gasteiger partial charge in [-0.2, -0.15) is 0 Å². The van der Waals surface area contributed by atoms with Crippen LogP contribution in [0.3, 0.4) is 0 Å². The molecule has 2 aromatic heterocycles. The molecule has 0 radical (unpaired) electrons. The summed E-state index contributed by atoms with van der Waals surface area (Å²) in [7, 11) is 1.77. The smallest absolute Gasteiger partial charge is 0.317 e. The highest BCUT2D eigenvalue weighted by Crippen LogP contribution is 2.25. The molecular formula is C17H23N5O2. The Hall–Kier alpha value is -2.41. The van der Waals surface area contributed by atoms with E-state index in [-0.39, 0.29) is 18.1 Å². The quantitative estimate of drug-likeness (QED) is 0.872. The first-order valence-electron chi connectivity index (χ1n) is 8.24. The summed E-state index contributed by atoms with van der Waals surface area (Å²) in [5.41, 5.74) is 0.969. The maximum absolute atomic E-state index is 12.2. The third-order valence-electron chi connectivity index (χ3n) is 4.50. The van der Waals surface area contributed by atoms with Gasteiger partial charge in [-0.15, -0.1) is 0 Å². The standard InChI is InChI=1S/C17H23N5O2/c1-21(11-14-3-2-4-15(14)23)17(24)20-10-13-5-6-19-16(9-13)22-8-7-18-12-22/h5-9,12,14-15,23H,2-4,10-11H2,1H3,(H,20,24). The lowest BCUT2D eigenvalue weighted by atomic mass is 10.1. The zero-order valence-electron chi connectivity index (χ0n) is 13.8. The fourth-order valence-corrected chi connectivity index (χ4v) is 3.08. The Morgan fingerprint density at radius 3 is 3.04 bits per heavy atom. The predicted molar refractivity (Wildman–Crippen MR) is 89.6 cm³/mol. The van der Waals surface area contributed by atoms with Crippen molar-refractivity contribution in [2.24, 2.45) is 5.92 Å². The monoisotopic (exact) mass is 329 g/mol. The average Bonchev–Trinajstić information content (AvgIpc) is 3.25. The van der Waals surface area contributed by atoms with Crippen molar-refractivity contribution in [3.63, 3.8) is 0 Å². The number of rotatable bonds is 5. The molecule has 0 bridgehead atoms. The number of carbonyl (C=O) groups is 1. The largest absolute Gasteiger partial charge is 0.393 e. The summed E-state index contributed by atoms with van der Waals surface area (Å²) >= 11 is 0. The molecule has 128 valence electrons. The predicted octanol–water partition coefficient (Wildman–Crippen LogP) is 1.57. The van der Waals surface area contributed by atoms with Crippen LogP contribution in [0.2, 0.25) is 0 Å². The van der Waals surface area contributed by atoms with Gasteiger partial charge in [-0.05, 0) is 30.5 Å². The first kappa shape index (κ1) is 16.4. The van der Waals surface area contributed by atoms with Gasteiger partial charge in [0, 0.05) is 44.6 Å². The lowest BCUT2D eigenvalue weighted by molar-refractivity contribution is 0.114. The number of aliphatic hydroxyl groups is 1. The molecule has 2 unspecified atom stereocenters. The number of amides is 2. The van der Waals surface area contributed by atoms with Crippen LogP contribution in [-0.4, -0.2) is 50.3 Å². The lowest BCUT2D eigenvalue weighted by Crippen LogP contribution is -2.40. The second kappa shape index (κ2) is 7.44. The van der Waals surface area contributed by atoms with Crippen LogP contribution >= 0.6 is 0 Å². The lowest BCUT2D eigenvalue weighted by Gasteiger charge is -2.23. The molecule has 2 N–H and O–H groups in total. The molecule has 7 nitrogen and oxygen atoms in total. The fraction of sp³-hybridized carbons (Fsp3) is 0.471. The van der Waals surface area contributed by atoms with E-state index in [0.29, 0.717) is 13.1 Å². The minimum Gasteiger partial charge on any atom is -0.393 e. The van der Waals surface area contributed by atoms with Crippen molar-refractivity contribution in [1.29, 1.82) is 0 Å². The van der Waals surface area contributed by atoms with Gasteiger partial charge in [-0.1, -0.05) is 6.42 Å². The van der Waals surface area contributed by atoms with Crippen molar-refractivity contribution in [1.82, 2.24) is 24.8 Å². The molecule has 1 aliphatic rings. The molecule has 1 fully saturated rings. The minimum atomic E-state index is -0.279. The van der Waals surface area contributed by atoms with Crippen LogP contribution in [0.1, 0.15) is 24.8 Å². The van der Waals surface area contributed by atoms with Gasteiger partial charge in [0.15, 0.2) is 0 Å². The second-order valence-electron chi connectivity index (χ2n) is 6.29. The Bertz CT molecular complexity index is 673. The summed E-state index contributed by atoms with van der Waals surface area (Å²) in [4.78, 5) is 22.2. The van der Waals surface area contributed by atoms with E-state index in [0.717, 1.165) is 30.6 Å². The van der Waals surface area contributed by atoms with Gasteiger partial charge >= 0.3 is 6.03 Å². The summed E-state index contributed by atoms with van der Waals surface area (Å²) in [5, 5.41) is 12.8. The molecule has 0 spiro atoms. The number of carbonyl (C=O) groups excluding carboxylic acids is 1. The number of urea groups is 1. The van der Waals surface area contributed by atoms with Crippen LogP contribution in [0.5, 0.6) is 0 Å². The van der Waals surface area contributed by atoms with Crippen LogP contribution < -0.4 is 5.32 Å². The fourth-order valence-electron chi connectivity index (χ4n) is 3.08. The average molecular weight is 329 g/mol. The molecule has 0 aliphatic heterocycles. The van der Waals surface area contributed by atoms with Gasteiger partial charge in [-0.3, -0.25) is 4.57 Å². The molecule has 2 atom stereocenters. The normalized spacial score (nSPS) is 20.1. The molecule has 2 heterocycles. The van der Waals surface area contributed by atoms with E-state index in [1.807, 2.05) is 22.9 Å². The molecule has 7 heteroatoms. The topological polar surface area (TPSA) is 83.3 Å². The van der Waals surface area contributed by atoms with Crippen LogP contribution in [0.15, 0.2) is 37.1 Å². The molecule has 1 aliphatic carbocycles. The summed E-state index contributed by atoms with van der Waals surface area (Å²) in [5.74, 6) is 0.955. The van der Waals surface area contributed by atoms with Crippen molar-refractivity contribution in [2.75, 3.05) is 13.6 Å². The molecule has 24 heavy (non-hydrogen) atoms. The van der Waals surface area contributed by atoms with Crippen molar-refractivity contribution >= 4 is 6.03 Å². The van der Waals surface area contributed by atoms with Crippen LogP contribution in [-0.2, 0) is 6.54 Å². The summed E-state index contributed by atoms with van der Waals surface area (Å²) in [6, 6.07) is 3.67. The Kier molecular flexibility index (Phi) is 5.10. The third kappa shape index (κ3) is 3.91. The van der Waals surface area contributed by atoms with Gasteiger partial charge in [0.05, 0.1) is 6.10 Å². The van der Waals surface area contributed by atoms with E-state index in [4.69, 9.17) is 0 Å². The SMILES string of the molecule is CN(CC1CCCC1O)C(=O)NCc1ccnc(-n2ccnc2)c1. The highest BCUT2D eigenvalue weighted by molar-refractivity contribution is 5.73. The first-order chi connectivity index (χ1) is 11.6. The van der Waals surface area contributed by atoms with Crippen molar-refractivity contribution in [3.8, 4) is 5.82 Å². The van der Waals surface area contributed by atoms with Gasteiger partial charge in [0.1, 0.15) is 12.1 Å². The van der Waals surface area contributed by atoms with E-state index in [9.17, 15) is 9.90 Å². The van der Waals surface area contributed by atoms with E-state index >= 15 is 0 Å². The number of hydrogen-bond acceptors (Lipinski definition) is 4. The highest BCUT2D eigenvalue weighted by Gasteiger charge is 2.27. The molecule has 2 aromatic rings. The van der Waals surface area contributed by atoms with Crippen LogP contribution in [0, 0.1) is 5.92 Å². The van der Waals surface area contributed by atoms with Crippen LogP contribution in [0.25, 0.3) is 5.82 Å². The molecule has 3 rings (SSSR count). The summed E-state index contributed by atoms with van der Waals surface area (Å²) < 4.78 is 1.82. The third-order valence-corrected chi connectivity index (χ3v) is 4.50. The molecule has 2 amide bonds. The summed E-state index contributed by atoms with van der Waals surface area (Å²) in [6.07, 6.45) is 9.51. The van der Waals surface area contributed by atoms with Gasteiger partial charge in [0.2, 0.25) is 0 Å². The molecular weight excluding hydrogens is 306 g/mol. The van der Waals surface area contributed by atoms with Gasteiger partial charge in [0.25, 0.3) is 0 Å². The minimum absolute atomic E-state index is 0.130. The van der Waals surface area contributed by atoms with E-state index in [1.165, 1.54) is 0 Å². The molecule has 0 aromatic carbocycles. The number of pyridine rings is 1. The van der Waals surface area contributed by atoms with E-state index in [1.54, 1.807) is 30.7 Å². The summed E-state index contributed by atoms with van der Waals surface area (Å²) in [6.45, 7) is 1.02. The molecule has 1 saturated carbocycles. The number of imidazole rings is 1. The number of nitrogens with one attached hydrogen (secondary N) is 1.